The van der Waals surface area contributed by atoms with E-state index in [1.807, 2.05) is 18.7 Å². The second kappa shape index (κ2) is 4.71. The van der Waals surface area contributed by atoms with Crippen molar-refractivity contribution in [2.24, 2.45) is 0 Å². The van der Waals surface area contributed by atoms with Crippen LogP contribution in [0, 0.1) is 6.92 Å². The van der Waals surface area contributed by atoms with Crippen molar-refractivity contribution in [3.05, 3.63) is 27.7 Å². The Hall–Kier alpha value is -1.27. The molecule has 1 unspecified atom stereocenters. The average molecular weight is 237 g/mol. The van der Waals surface area contributed by atoms with Crippen LogP contribution in [0.2, 0.25) is 0 Å². The molecule has 6 heteroatoms. The average Bonchev–Trinajstić information content (AvgIpc) is 2.88. The molecule has 1 N–H and O–H groups in total. The number of nitrogens with one attached hydrogen (secondary N) is 1. The molecule has 0 radical (unpaired) electrons. The molecule has 2 aromatic heterocycles. The zero-order valence-corrected chi connectivity index (χ0v) is 10.5. The lowest BCUT2D eigenvalue weighted by molar-refractivity contribution is 0.542. The van der Waals surface area contributed by atoms with Gasteiger partial charge in [-0.2, -0.15) is 0 Å². The molecule has 0 amide bonds. The third-order valence-corrected chi connectivity index (χ3v) is 3.65. The first-order valence-electron chi connectivity index (χ1n) is 5.18. The summed E-state index contributed by atoms with van der Waals surface area (Å²) in [5.74, 6) is 0.871. The van der Waals surface area contributed by atoms with Crippen LogP contribution in [0.1, 0.15) is 29.2 Å². The minimum absolute atomic E-state index is 0.162. The Morgan fingerprint density at radius 2 is 2.38 bits per heavy atom. The maximum absolute atomic E-state index is 4.04. The van der Waals surface area contributed by atoms with Gasteiger partial charge in [0.05, 0.1) is 12.6 Å². The second-order valence-corrected chi connectivity index (χ2v) is 4.73. The van der Waals surface area contributed by atoms with E-state index in [-0.39, 0.29) is 6.04 Å². The Labute approximate surface area is 98.5 Å². The third kappa shape index (κ3) is 2.12. The van der Waals surface area contributed by atoms with Gasteiger partial charge in [-0.05, 0) is 48.3 Å². The van der Waals surface area contributed by atoms with Gasteiger partial charge in [-0.25, -0.2) is 4.68 Å². The van der Waals surface area contributed by atoms with Crippen LogP contribution in [0.5, 0.6) is 0 Å². The zero-order chi connectivity index (χ0) is 11.5. The van der Waals surface area contributed by atoms with Gasteiger partial charge in [0.15, 0.2) is 5.82 Å². The van der Waals surface area contributed by atoms with Crippen LogP contribution < -0.4 is 5.32 Å². The molecule has 0 aromatic carbocycles. The fraction of sp³-hybridized carbons (Fsp3) is 0.500. The number of nitrogens with zero attached hydrogens (tertiary/aromatic N) is 4. The molecule has 2 rings (SSSR count). The molecule has 16 heavy (non-hydrogen) atoms. The lowest BCUT2D eigenvalue weighted by Crippen LogP contribution is -2.18. The van der Waals surface area contributed by atoms with Gasteiger partial charge in [0, 0.05) is 4.88 Å². The van der Waals surface area contributed by atoms with Gasteiger partial charge in [0.1, 0.15) is 0 Å². The fourth-order valence-electron chi connectivity index (χ4n) is 1.47. The number of rotatable bonds is 4. The number of aromatic nitrogens is 4. The number of aryl methyl sites for hydroxylation is 1. The Bertz CT molecular complexity index is 461. The summed E-state index contributed by atoms with van der Waals surface area (Å²) in [7, 11) is 1.90. The molecule has 0 aliphatic carbocycles. The summed E-state index contributed by atoms with van der Waals surface area (Å²) in [4.78, 5) is 1.30. The van der Waals surface area contributed by atoms with Crippen molar-refractivity contribution in [1.29, 1.82) is 0 Å². The highest BCUT2D eigenvalue weighted by Gasteiger charge is 2.13. The SMILES string of the molecule is CNC(C)c1nnnn1Cc1sccc1C. The maximum Gasteiger partial charge on any atom is 0.168 e. The minimum Gasteiger partial charge on any atom is -0.311 e. The summed E-state index contributed by atoms with van der Waals surface area (Å²) in [5, 5.41) is 17.0. The van der Waals surface area contributed by atoms with Crippen LogP contribution in [0.15, 0.2) is 11.4 Å². The molecule has 0 saturated carbocycles. The Morgan fingerprint density at radius 3 is 3.00 bits per heavy atom. The molecule has 0 aliphatic heterocycles. The molecular weight excluding hydrogens is 222 g/mol. The molecule has 0 fully saturated rings. The van der Waals surface area contributed by atoms with Crippen molar-refractivity contribution in [1.82, 2.24) is 25.5 Å². The first-order valence-corrected chi connectivity index (χ1v) is 6.06. The Kier molecular flexibility index (Phi) is 3.31. The molecule has 0 bridgehead atoms. The first-order chi connectivity index (χ1) is 7.72. The maximum atomic E-state index is 4.04. The highest BCUT2D eigenvalue weighted by Crippen LogP contribution is 2.18. The topological polar surface area (TPSA) is 55.6 Å². The largest absolute Gasteiger partial charge is 0.311 e. The van der Waals surface area contributed by atoms with Crippen molar-refractivity contribution in [3.63, 3.8) is 0 Å². The van der Waals surface area contributed by atoms with E-state index in [4.69, 9.17) is 0 Å². The highest BCUT2D eigenvalue weighted by molar-refractivity contribution is 7.10. The van der Waals surface area contributed by atoms with E-state index < -0.39 is 0 Å². The predicted octanol–water partition coefficient (Wildman–Crippen LogP) is 1.37. The molecule has 0 spiro atoms. The molecule has 0 saturated heterocycles. The van der Waals surface area contributed by atoms with Gasteiger partial charge >= 0.3 is 0 Å². The molecule has 0 aliphatic rings. The van der Waals surface area contributed by atoms with Gasteiger partial charge in [0.2, 0.25) is 0 Å². The summed E-state index contributed by atoms with van der Waals surface area (Å²) in [5.41, 5.74) is 1.29. The van der Waals surface area contributed by atoms with Crippen LogP contribution in [0.4, 0.5) is 0 Å². The highest BCUT2D eigenvalue weighted by atomic mass is 32.1. The van der Waals surface area contributed by atoms with Crippen molar-refractivity contribution in [2.45, 2.75) is 26.4 Å². The molecule has 5 nitrogen and oxygen atoms in total. The van der Waals surface area contributed by atoms with Gasteiger partial charge in [-0.3, -0.25) is 0 Å². The first kappa shape index (κ1) is 11.2. The van der Waals surface area contributed by atoms with Crippen LogP contribution >= 0.6 is 11.3 Å². The zero-order valence-electron chi connectivity index (χ0n) is 9.64. The number of hydrogen-bond acceptors (Lipinski definition) is 5. The van der Waals surface area contributed by atoms with E-state index in [9.17, 15) is 0 Å². The number of hydrogen-bond donors (Lipinski definition) is 1. The van der Waals surface area contributed by atoms with E-state index >= 15 is 0 Å². The van der Waals surface area contributed by atoms with Crippen LogP contribution in [0.3, 0.4) is 0 Å². The van der Waals surface area contributed by atoms with E-state index in [1.165, 1.54) is 10.4 Å². The molecular formula is C10H15N5S. The van der Waals surface area contributed by atoms with E-state index in [2.05, 4.69) is 39.2 Å². The number of tetrazole rings is 1. The van der Waals surface area contributed by atoms with E-state index in [0.29, 0.717) is 0 Å². The van der Waals surface area contributed by atoms with Crippen LogP contribution in [-0.4, -0.2) is 27.3 Å². The van der Waals surface area contributed by atoms with Crippen LogP contribution in [-0.2, 0) is 6.54 Å². The summed E-state index contributed by atoms with van der Waals surface area (Å²) in [6, 6.07) is 2.28. The van der Waals surface area contributed by atoms with Gasteiger partial charge in [-0.15, -0.1) is 16.4 Å². The summed E-state index contributed by atoms with van der Waals surface area (Å²) in [6.45, 7) is 4.90. The van der Waals surface area contributed by atoms with Gasteiger partial charge in [0.25, 0.3) is 0 Å². The smallest absolute Gasteiger partial charge is 0.168 e. The van der Waals surface area contributed by atoms with E-state index in [1.54, 1.807) is 11.3 Å². The Balaban J connectivity index is 2.22. The summed E-state index contributed by atoms with van der Waals surface area (Å²) < 4.78 is 1.85. The third-order valence-electron chi connectivity index (χ3n) is 2.64. The summed E-state index contributed by atoms with van der Waals surface area (Å²) >= 11 is 1.74. The van der Waals surface area contributed by atoms with Crippen LogP contribution in [0.25, 0.3) is 0 Å². The molecule has 2 heterocycles. The summed E-state index contributed by atoms with van der Waals surface area (Å²) in [6.07, 6.45) is 0. The van der Waals surface area contributed by atoms with Gasteiger partial charge in [-0.1, -0.05) is 0 Å². The molecule has 1 atom stereocenters. The molecule has 2 aromatic rings. The fourth-order valence-corrected chi connectivity index (χ4v) is 2.35. The quantitative estimate of drug-likeness (QED) is 0.872. The lowest BCUT2D eigenvalue weighted by atomic mass is 10.3. The van der Waals surface area contributed by atoms with Crippen molar-refractivity contribution >= 4 is 11.3 Å². The van der Waals surface area contributed by atoms with Crippen molar-refractivity contribution in [3.8, 4) is 0 Å². The standard InChI is InChI=1S/C10H15N5S/c1-7-4-5-16-9(7)6-15-10(8(2)11-3)12-13-14-15/h4-5,8,11H,6H2,1-3H3. The van der Waals surface area contributed by atoms with Gasteiger partial charge < -0.3 is 5.32 Å². The van der Waals surface area contributed by atoms with Crippen molar-refractivity contribution in [2.75, 3.05) is 7.05 Å². The monoisotopic (exact) mass is 237 g/mol. The lowest BCUT2D eigenvalue weighted by Gasteiger charge is -2.09. The minimum atomic E-state index is 0.162. The molecule has 86 valence electrons. The van der Waals surface area contributed by atoms with E-state index in [0.717, 1.165) is 12.4 Å². The second-order valence-electron chi connectivity index (χ2n) is 3.73. The van der Waals surface area contributed by atoms with Crippen molar-refractivity contribution < 1.29 is 0 Å². The Morgan fingerprint density at radius 1 is 1.56 bits per heavy atom. The normalized spacial score (nSPS) is 12.9. The predicted molar refractivity (Wildman–Crippen MR) is 63.4 cm³/mol. The number of thiophene rings is 1.